The second kappa shape index (κ2) is 6.24. The van der Waals surface area contributed by atoms with Crippen molar-refractivity contribution in [2.24, 2.45) is 0 Å². The second-order valence-electron chi connectivity index (χ2n) is 5.36. The summed E-state index contributed by atoms with van der Waals surface area (Å²) in [5, 5.41) is 9.30. The molecule has 2 aromatic rings. The predicted molar refractivity (Wildman–Crippen MR) is 80.9 cm³/mol. The summed E-state index contributed by atoms with van der Waals surface area (Å²) < 4.78 is 7.48. The monoisotopic (exact) mass is 277 g/mol. The molecule has 5 nitrogen and oxygen atoms in total. The molecule has 0 saturated carbocycles. The Balaban J connectivity index is 2.60. The lowest BCUT2D eigenvalue weighted by atomic mass is 10.1. The maximum atomic E-state index is 9.30. The van der Waals surface area contributed by atoms with Crippen molar-refractivity contribution in [2.45, 2.75) is 32.2 Å². The summed E-state index contributed by atoms with van der Waals surface area (Å²) in [6, 6.07) is 5.84. The van der Waals surface area contributed by atoms with Gasteiger partial charge in [-0.25, -0.2) is 4.98 Å². The van der Waals surface area contributed by atoms with Crippen LogP contribution in [0.5, 0.6) is 0 Å². The molecule has 110 valence electrons. The van der Waals surface area contributed by atoms with Crippen LogP contribution in [0, 0.1) is 0 Å². The van der Waals surface area contributed by atoms with Gasteiger partial charge >= 0.3 is 0 Å². The highest BCUT2D eigenvalue weighted by molar-refractivity contribution is 5.80. The number of nitrogen functional groups attached to an aromatic ring is 1. The van der Waals surface area contributed by atoms with Gasteiger partial charge in [-0.2, -0.15) is 0 Å². The van der Waals surface area contributed by atoms with Crippen molar-refractivity contribution in [2.75, 3.05) is 26.1 Å². The number of benzene rings is 1. The Hall–Kier alpha value is -1.59. The molecule has 0 spiro atoms. The van der Waals surface area contributed by atoms with E-state index in [0.717, 1.165) is 16.9 Å². The summed E-state index contributed by atoms with van der Waals surface area (Å²) in [7, 11) is 1.68. The quantitative estimate of drug-likeness (QED) is 0.795. The van der Waals surface area contributed by atoms with E-state index in [1.54, 1.807) is 7.11 Å². The van der Waals surface area contributed by atoms with Gasteiger partial charge in [-0.05, 0) is 24.6 Å². The van der Waals surface area contributed by atoms with Crippen LogP contribution in [0.1, 0.15) is 38.1 Å². The van der Waals surface area contributed by atoms with Crippen molar-refractivity contribution in [1.82, 2.24) is 9.55 Å². The normalized spacial score (nSPS) is 13.2. The summed E-state index contributed by atoms with van der Waals surface area (Å²) in [6.45, 7) is 4.91. The summed E-state index contributed by atoms with van der Waals surface area (Å²) >= 11 is 0. The molecule has 1 aromatic heterocycles. The van der Waals surface area contributed by atoms with Gasteiger partial charge in [-0.1, -0.05) is 13.8 Å². The molecule has 0 fully saturated rings. The number of imidazole rings is 1. The number of nitrogens with zero attached hydrogens (tertiary/aromatic N) is 2. The Kier molecular flexibility index (Phi) is 4.62. The molecule has 0 bridgehead atoms. The second-order valence-corrected chi connectivity index (χ2v) is 5.36. The molecule has 0 saturated heterocycles. The first kappa shape index (κ1) is 14.8. The zero-order valence-electron chi connectivity index (χ0n) is 12.3. The van der Waals surface area contributed by atoms with E-state index in [-0.39, 0.29) is 12.6 Å². The zero-order chi connectivity index (χ0) is 14.7. The SMILES string of the molecule is COCC(CCO)n1c(C(C)C)nc2cc(N)ccc21. The number of anilines is 1. The molecular weight excluding hydrogens is 254 g/mol. The first-order valence-corrected chi connectivity index (χ1v) is 6.95. The fourth-order valence-electron chi connectivity index (χ4n) is 2.55. The average molecular weight is 277 g/mol. The van der Waals surface area contributed by atoms with Crippen molar-refractivity contribution in [3.8, 4) is 0 Å². The number of aliphatic hydroxyl groups is 1. The summed E-state index contributed by atoms with van der Waals surface area (Å²) in [6.07, 6.45) is 0.642. The Bertz CT molecular complexity index is 572. The first-order valence-electron chi connectivity index (χ1n) is 6.95. The molecule has 3 N–H and O–H groups in total. The molecule has 1 unspecified atom stereocenters. The zero-order valence-corrected chi connectivity index (χ0v) is 12.3. The molecule has 0 aliphatic heterocycles. The number of hydrogen-bond acceptors (Lipinski definition) is 4. The lowest BCUT2D eigenvalue weighted by Crippen LogP contribution is -2.19. The number of hydrogen-bond donors (Lipinski definition) is 2. The number of nitrogens with two attached hydrogens (primary N) is 1. The average Bonchev–Trinajstić information content (AvgIpc) is 2.77. The Labute approximate surface area is 119 Å². The Morgan fingerprint density at radius 1 is 1.40 bits per heavy atom. The van der Waals surface area contributed by atoms with Gasteiger partial charge in [-0.15, -0.1) is 0 Å². The summed E-state index contributed by atoms with van der Waals surface area (Å²) in [5.74, 6) is 1.29. The van der Waals surface area contributed by atoms with E-state index in [2.05, 4.69) is 18.4 Å². The van der Waals surface area contributed by atoms with Crippen molar-refractivity contribution in [3.05, 3.63) is 24.0 Å². The molecule has 20 heavy (non-hydrogen) atoms. The smallest absolute Gasteiger partial charge is 0.112 e. The number of methoxy groups -OCH3 is 1. The highest BCUT2D eigenvalue weighted by atomic mass is 16.5. The molecule has 0 radical (unpaired) electrons. The maximum absolute atomic E-state index is 9.30. The van der Waals surface area contributed by atoms with Gasteiger partial charge in [-0.3, -0.25) is 0 Å². The lowest BCUT2D eigenvalue weighted by molar-refractivity contribution is 0.136. The highest BCUT2D eigenvalue weighted by Gasteiger charge is 2.20. The highest BCUT2D eigenvalue weighted by Crippen LogP contribution is 2.28. The van der Waals surface area contributed by atoms with Gasteiger partial charge in [0, 0.05) is 25.3 Å². The van der Waals surface area contributed by atoms with Gasteiger partial charge in [0.2, 0.25) is 0 Å². The van der Waals surface area contributed by atoms with Gasteiger partial charge in [0.05, 0.1) is 23.7 Å². The van der Waals surface area contributed by atoms with Crippen LogP contribution < -0.4 is 5.73 Å². The largest absolute Gasteiger partial charge is 0.399 e. The van der Waals surface area contributed by atoms with Crippen molar-refractivity contribution < 1.29 is 9.84 Å². The predicted octanol–water partition coefficient (Wildman–Crippen LogP) is 2.31. The van der Waals surface area contributed by atoms with E-state index < -0.39 is 0 Å². The third kappa shape index (κ3) is 2.78. The number of rotatable bonds is 6. The third-order valence-corrected chi connectivity index (χ3v) is 3.44. The van der Waals surface area contributed by atoms with Crippen LogP contribution in [0.3, 0.4) is 0 Å². The van der Waals surface area contributed by atoms with E-state index >= 15 is 0 Å². The van der Waals surface area contributed by atoms with E-state index in [4.69, 9.17) is 15.5 Å². The van der Waals surface area contributed by atoms with Gasteiger partial charge in [0.1, 0.15) is 5.82 Å². The standard InChI is InChI=1S/C15H23N3O2/c1-10(2)15-17-13-8-11(16)4-5-14(13)18(15)12(6-7-19)9-20-3/h4-5,8,10,12,19H,6-7,9,16H2,1-3H3. The maximum Gasteiger partial charge on any atom is 0.112 e. The minimum absolute atomic E-state index is 0.0797. The molecule has 1 atom stereocenters. The summed E-state index contributed by atoms with van der Waals surface area (Å²) in [5.41, 5.74) is 8.49. The van der Waals surface area contributed by atoms with Gasteiger partial charge in [0.25, 0.3) is 0 Å². The molecule has 0 aliphatic carbocycles. The molecule has 1 aromatic carbocycles. The van der Waals surface area contributed by atoms with Crippen LogP contribution in [-0.2, 0) is 4.74 Å². The molecule has 5 heteroatoms. The van der Waals surface area contributed by atoms with Crippen LogP contribution >= 0.6 is 0 Å². The van der Waals surface area contributed by atoms with Gasteiger partial charge < -0.3 is 20.1 Å². The van der Waals surface area contributed by atoms with Crippen LogP contribution in [-0.4, -0.2) is 35.0 Å². The van der Waals surface area contributed by atoms with E-state index in [9.17, 15) is 5.11 Å². The van der Waals surface area contributed by atoms with Crippen LogP contribution in [0.25, 0.3) is 11.0 Å². The number of aliphatic hydroxyl groups excluding tert-OH is 1. The first-order chi connectivity index (χ1) is 9.58. The minimum Gasteiger partial charge on any atom is -0.399 e. The van der Waals surface area contributed by atoms with E-state index in [1.807, 2.05) is 18.2 Å². The van der Waals surface area contributed by atoms with Crippen LogP contribution in [0.15, 0.2) is 18.2 Å². The number of fused-ring (bicyclic) bond motifs is 1. The fraction of sp³-hybridized carbons (Fsp3) is 0.533. The molecule has 0 amide bonds. The van der Waals surface area contributed by atoms with Crippen molar-refractivity contribution in [3.63, 3.8) is 0 Å². The Morgan fingerprint density at radius 2 is 2.15 bits per heavy atom. The minimum atomic E-state index is 0.0797. The molecule has 1 heterocycles. The molecule has 0 aliphatic rings. The molecule has 2 rings (SSSR count). The number of aromatic nitrogens is 2. The molecular formula is C15H23N3O2. The van der Waals surface area contributed by atoms with E-state index in [1.165, 1.54) is 0 Å². The third-order valence-electron chi connectivity index (χ3n) is 3.44. The van der Waals surface area contributed by atoms with Crippen LogP contribution in [0.2, 0.25) is 0 Å². The Morgan fingerprint density at radius 3 is 2.75 bits per heavy atom. The van der Waals surface area contributed by atoms with E-state index in [0.29, 0.717) is 24.6 Å². The fourth-order valence-corrected chi connectivity index (χ4v) is 2.55. The lowest BCUT2D eigenvalue weighted by Gasteiger charge is -2.21. The number of ether oxygens (including phenoxy) is 1. The topological polar surface area (TPSA) is 73.3 Å². The summed E-state index contributed by atoms with van der Waals surface area (Å²) in [4.78, 5) is 4.70. The van der Waals surface area contributed by atoms with Crippen molar-refractivity contribution >= 4 is 16.7 Å². The van der Waals surface area contributed by atoms with Crippen molar-refractivity contribution in [1.29, 1.82) is 0 Å². The van der Waals surface area contributed by atoms with Crippen LogP contribution in [0.4, 0.5) is 5.69 Å². The van der Waals surface area contributed by atoms with Gasteiger partial charge in [0.15, 0.2) is 0 Å².